The summed E-state index contributed by atoms with van der Waals surface area (Å²) in [7, 11) is -3.53. The van der Waals surface area contributed by atoms with E-state index in [0.29, 0.717) is 53.9 Å². The SMILES string of the molecule is CS(=O)(=O)c1ccc(-c2csc3c(OC4C5COCC4CN(c4ncc(F)cn4)C5)ncnc23)c(F)c1. The van der Waals surface area contributed by atoms with Gasteiger partial charge in [-0.1, -0.05) is 6.07 Å². The standard InChI is InChI=1S/C24H21F2N5O4S2/c1-37(32,33)16-2-3-17(19(26)4-16)18-11-36-22-20(18)29-12-30-23(22)35-21-13-7-31(8-14(21)10-34-9-13)24-27-5-15(25)6-28-24/h2-6,11-14,21H,7-10H2,1H3. The maximum atomic E-state index is 14.9. The van der Waals surface area contributed by atoms with Gasteiger partial charge in [0.05, 0.1) is 36.0 Å². The number of sulfone groups is 1. The van der Waals surface area contributed by atoms with Crippen molar-refractivity contribution in [1.82, 2.24) is 19.9 Å². The van der Waals surface area contributed by atoms with Crippen LogP contribution < -0.4 is 9.64 Å². The Balaban J connectivity index is 1.28. The van der Waals surface area contributed by atoms with Crippen LogP contribution in [0.15, 0.2) is 47.2 Å². The third-order valence-corrected chi connectivity index (χ3v) is 8.69. The highest BCUT2D eigenvalue weighted by atomic mass is 32.2. The predicted molar refractivity (Wildman–Crippen MR) is 132 cm³/mol. The zero-order valence-corrected chi connectivity index (χ0v) is 21.2. The number of aromatic nitrogens is 4. The third kappa shape index (κ3) is 4.51. The van der Waals surface area contributed by atoms with Crippen LogP contribution >= 0.6 is 11.3 Å². The van der Waals surface area contributed by atoms with Crippen molar-refractivity contribution in [2.24, 2.45) is 11.8 Å². The molecule has 0 saturated carbocycles. The van der Waals surface area contributed by atoms with Crippen LogP contribution in [0.25, 0.3) is 21.3 Å². The summed E-state index contributed by atoms with van der Waals surface area (Å²) < 4.78 is 64.7. The minimum atomic E-state index is -3.53. The molecule has 192 valence electrons. The van der Waals surface area contributed by atoms with Crippen LogP contribution in [0.2, 0.25) is 0 Å². The summed E-state index contributed by atoms with van der Waals surface area (Å²) in [4.78, 5) is 18.9. The molecule has 0 aliphatic carbocycles. The van der Waals surface area contributed by atoms with Crippen LogP contribution in [-0.2, 0) is 14.6 Å². The number of halogens is 2. The number of benzene rings is 1. The largest absolute Gasteiger partial charge is 0.472 e. The zero-order valence-electron chi connectivity index (χ0n) is 19.5. The van der Waals surface area contributed by atoms with Gasteiger partial charge in [0.15, 0.2) is 15.7 Å². The summed E-state index contributed by atoms with van der Waals surface area (Å²) in [6.07, 6.45) is 4.54. The van der Waals surface area contributed by atoms with Gasteiger partial charge in [-0.2, -0.15) is 0 Å². The Bertz CT molecular complexity index is 1570. The number of piperidine rings is 1. The number of nitrogens with zero attached hydrogens (tertiary/aromatic N) is 5. The highest BCUT2D eigenvalue weighted by Gasteiger charge is 2.43. The lowest BCUT2D eigenvalue weighted by atomic mass is 9.84. The van der Waals surface area contributed by atoms with E-state index in [2.05, 4.69) is 19.9 Å². The first kappa shape index (κ1) is 24.1. The van der Waals surface area contributed by atoms with Gasteiger partial charge in [0.1, 0.15) is 22.9 Å². The van der Waals surface area contributed by atoms with Crippen molar-refractivity contribution in [3.8, 4) is 17.0 Å². The molecule has 2 atom stereocenters. The minimum Gasteiger partial charge on any atom is -0.472 e. The second kappa shape index (κ2) is 9.23. The topological polar surface area (TPSA) is 107 Å². The number of hydrogen-bond acceptors (Lipinski definition) is 10. The van der Waals surface area contributed by atoms with Gasteiger partial charge >= 0.3 is 0 Å². The molecule has 0 radical (unpaired) electrons. The van der Waals surface area contributed by atoms with E-state index in [9.17, 15) is 17.2 Å². The summed E-state index contributed by atoms with van der Waals surface area (Å²) in [5.74, 6) is -0.250. The molecule has 2 bridgehead atoms. The monoisotopic (exact) mass is 545 g/mol. The average molecular weight is 546 g/mol. The second-order valence-electron chi connectivity index (χ2n) is 9.17. The van der Waals surface area contributed by atoms with E-state index >= 15 is 0 Å². The Hall–Kier alpha value is -3.29. The first-order chi connectivity index (χ1) is 17.8. The summed E-state index contributed by atoms with van der Waals surface area (Å²) >= 11 is 1.34. The van der Waals surface area contributed by atoms with Gasteiger partial charge in [-0.25, -0.2) is 37.1 Å². The van der Waals surface area contributed by atoms with Gasteiger partial charge in [0.2, 0.25) is 11.8 Å². The highest BCUT2D eigenvalue weighted by molar-refractivity contribution is 7.90. The van der Waals surface area contributed by atoms with Crippen molar-refractivity contribution in [2.75, 3.05) is 37.5 Å². The van der Waals surface area contributed by atoms with Crippen molar-refractivity contribution >= 4 is 37.3 Å². The number of rotatable bonds is 5. The molecule has 2 aliphatic rings. The van der Waals surface area contributed by atoms with E-state index < -0.39 is 21.5 Å². The van der Waals surface area contributed by atoms with E-state index in [1.165, 1.54) is 29.8 Å². The molecule has 0 N–H and O–H groups in total. The molecule has 0 amide bonds. The zero-order chi connectivity index (χ0) is 25.7. The van der Waals surface area contributed by atoms with Gasteiger partial charge in [-0.15, -0.1) is 11.3 Å². The Morgan fingerprint density at radius 1 is 1.05 bits per heavy atom. The molecule has 9 nitrogen and oxygen atoms in total. The molecule has 3 aromatic heterocycles. The number of thiophene rings is 1. The fourth-order valence-electron chi connectivity index (χ4n) is 4.90. The molecule has 0 spiro atoms. The molecular weight excluding hydrogens is 524 g/mol. The molecule has 5 heterocycles. The second-order valence-corrected chi connectivity index (χ2v) is 12.1. The van der Waals surface area contributed by atoms with Gasteiger partial charge in [0.25, 0.3) is 0 Å². The Kier molecular flexibility index (Phi) is 6.00. The van der Waals surface area contributed by atoms with Crippen molar-refractivity contribution in [2.45, 2.75) is 11.0 Å². The first-order valence-electron chi connectivity index (χ1n) is 11.5. The van der Waals surface area contributed by atoms with Gasteiger partial charge in [0, 0.05) is 47.7 Å². The van der Waals surface area contributed by atoms with Crippen LogP contribution in [0.4, 0.5) is 14.7 Å². The van der Waals surface area contributed by atoms with E-state index in [4.69, 9.17) is 9.47 Å². The van der Waals surface area contributed by atoms with Crippen molar-refractivity contribution in [3.05, 3.63) is 53.9 Å². The predicted octanol–water partition coefficient (Wildman–Crippen LogP) is 3.36. The number of fused-ring (bicyclic) bond motifs is 3. The van der Waals surface area contributed by atoms with Crippen LogP contribution in [0.1, 0.15) is 0 Å². The van der Waals surface area contributed by atoms with Crippen LogP contribution in [-0.4, -0.2) is 67.0 Å². The fourth-order valence-corrected chi connectivity index (χ4v) is 6.48. The summed E-state index contributed by atoms with van der Waals surface area (Å²) in [5, 5.41) is 1.77. The molecule has 37 heavy (non-hydrogen) atoms. The lowest BCUT2D eigenvalue weighted by Gasteiger charge is -2.46. The van der Waals surface area contributed by atoms with Crippen molar-refractivity contribution in [1.29, 1.82) is 0 Å². The molecule has 2 unspecified atom stereocenters. The van der Waals surface area contributed by atoms with Crippen molar-refractivity contribution in [3.63, 3.8) is 0 Å². The van der Waals surface area contributed by atoms with Gasteiger partial charge in [-0.3, -0.25) is 0 Å². The Morgan fingerprint density at radius 2 is 1.78 bits per heavy atom. The maximum absolute atomic E-state index is 14.9. The summed E-state index contributed by atoms with van der Waals surface area (Å²) in [6.45, 7) is 2.13. The Labute approximate surface area is 215 Å². The molecular formula is C24H21F2N5O4S2. The lowest BCUT2D eigenvalue weighted by molar-refractivity contribution is -0.0764. The highest BCUT2D eigenvalue weighted by Crippen LogP contribution is 2.40. The van der Waals surface area contributed by atoms with E-state index in [1.807, 2.05) is 4.90 Å². The van der Waals surface area contributed by atoms with Crippen molar-refractivity contribution < 1.29 is 26.7 Å². The van der Waals surface area contributed by atoms with Crippen LogP contribution in [0.5, 0.6) is 5.88 Å². The normalized spacial score (nSPS) is 21.8. The fraction of sp³-hybridized carbons (Fsp3) is 0.333. The third-order valence-electron chi connectivity index (χ3n) is 6.62. The quantitative estimate of drug-likeness (QED) is 0.373. The smallest absolute Gasteiger partial charge is 0.235 e. The van der Waals surface area contributed by atoms with E-state index in [1.54, 1.807) is 5.38 Å². The number of anilines is 1. The minimum absolute atomic E-state index is 0.00610. The number of hydrogen-bond donors (Lipinski definition) is 0. The molecule has 2 aliphatic heterocycles. The molecule has 6 rings (SSSR count). The van der Waals surface area contributed by atoms with Crippen LogP contribution in [0, 0.1) is 23.5 Å². The molecule has 2 fully saturated rings. The van der Waals surface area contributed by atoms with E-state index in [0.717, 1.165) is 24.7 Å². The molecule has 2 saturated heterocycles. The number of ether oxygens (including phenoxy) is 2. The average Bonchev–Trinajstić information content (AvgIpc) is 3.29. The molecule has 1 aromatic carbocycles. The summed E-state index contributed by atoms with van der Waals surface area (Å²) in [5.41, 5.74) is 1.32. The van der Waals surface area contributed by atoms with E-state index in [-0.39, 0.29) is 28.4 Å². The molecule has 4 aromatic rings. The van der Waals surface area contributed by atoms with Gasteiger partial charge < -0.3 is 14.4 Å². The van der Waals surface area contributed by atoms with Gasteiger partial charge in [-0.05, 0) is 12.1 Å². The lowest BCUT2D eigenvalue weighted by Crippen LogP contribution is -2.58. The summed E-state index contributed by atoms with van der Waals surface area (Å²) in [6, 6.07) is 3.85. The first-order valence-corrected chi connectivity index (χ1v) is 14.2. The Morgan fingerprint density at radius 3 is 2.46 bits per heavy atom. The molecule has 13 heteroatoms. The maximum Gasteiger partial charge on any atom is 0.235 e. The van der Waals surface area contributed by atoms with Crippen LogP contribution in [0.3, 0.4) is 0 Å².